The summed E-state index contributed by atoms with van der Waals surface area (Å²) in [5.74, 6) is -6.76. The molecule has 0 atom stereocenters. The van der Waals surface area contributed by atoms with Gasteiger partial charge in [0.1, 0.15) is 27.9 Å². The highest BCUT2D eigenvalue weighted by Gasteiger charge is 2.19. The number of fused-ring (bicyclic) bond motifs is 1. The molecule has 0 spiro atoms. The molecule has 0 fully saturated rings. The molecule has 3 rings (SSSR count). The molecule has 146 valence electrons. The molecule has 28 heavy (non-hydrogen) atoms. The number of rotatable bonds is 6. The van der Waals surface area contributed by atoms with Crippen LogP contribution in [0.5, 0.6) is 5.75 Å². The lowest BCUT2D eigenvalue weighted by atomic mass is 10.2. The Morgan fingerprint density at radius 2 is 1.89 bits per heavy atom. The highest BCUT2D eigenvalue weighted by molar-refractivity contribution is 7.18. The van der Waals surface area contributed by atoms with Gasteiger partial charge in [-0.1, -0.05) is 0 Å². The average molecular weight is 414 g/mol. The van der Waals surface area contributed by atoms with Crippen molar-refractivity contribution in [3.05, 3.63) is 58.1 Å². The third-order valence-electron chi connectivity index (χ3n) is 3.50. The molecule has 1 amide bonds. The van der Waals surface area contributed by atoms with Gasteiger partial charge in [0, 0.05) is 12.1 Å². The number of hydrogen-bond donors (Lipinski definition) is 2. The van der Waals surface area contributed by atoms with Gasteiger partial charge in [-0.3, -0.25) is 4.79 Å². The first-order valence-electron chi connectivity index (χ1n) is 7.61. The van der Waals surface area contributed by atoms with Gasteiger partial charge in [-0.05, 0) is 12.1 Å². The van der Waals surface area contributed by atoms with Crippen molar-refractivity contribution in [1.29, 1.82) is 0 Å². The van der Waals surface area contributed by atoms with E-state index in [0.717, 1.165) is 29.5 Å². The van der Waals surface area contributed by atoms with E-state index in [1.54, 1.807) is 0 Å². The van der Waals surface area contributed by atoms with E-state index in [-0.39, 0.29) is 27.6 Å². The van der Waals surface area contributed by atoms with E-state index in [9.17, 15) is 27.2 Å². The number of carbonyl (C=O) groups excluding carboxylic acids is 1. The molecule has 0 saturated heterocycles. The number of carboxylic acids is 1. The Hall–Kier alpha value is -3.21. The Morgan fingerprint density at radius 1 is 1.14 bits per heavy atom. The van der Waals surface area contributed by atoms with Gasteiger partial charge in [-0.25, -0.2) is 27.3 Å². The molecule has 0 aliphatic heterocycles. The predicted molar refractivity (Wildman–Crippen MR) is 90.2 cm³/mol. The number of carbonyl (C=O) groups is 2. The topological polar surface area (TPSA) is 88.5 Å². The molecule has 0 aliphatic carbocycles. The number of nitrogens with one attached hydrogen (secondary N) is 1. The first kappa shape index (κ1) is 19.5. The molecule has 2 N–H and O–H groups in total. The lowest BCUT2D eigenvalue weighted by molar-refractivity contribution is -0.139. The summed E-state index contributed by atoms with van der Waals surface area (Å²) in [6, 6.07) is 3.33. The van der Waals surface area contributed by atoms with Crippen molar-refractivity contribution < 1.29 is 37.0 Å². The molecule has 11 heteroatoms. The molecular formula is C17H10F4N2O4S. The van der Waals surface area contributed by atoms with Crippen molar-refractivity contribution in [2.75, 3.05) is 6.61 Å². The van der Waals surface area contributed by atoms with Gasteiger partial charge < -0.3 is 15.2 Å². The Kier molecular flexibility index (Phi) is 5.45. The number of ether oxygens (including phenoxy) is 1. The SMILES string of the molecule is O=C(O)COc1cc(F)ccc1C(=O)NCc1nc2c(F)c(F)cc(F)c2s1. The molecule has 0 unspecified atom stereocenters. The van der Waals surface area contributed by atoms with E-state index >= 15 is 0 Å². The van der Waals surface area contributed by atoms with Crippen LogP contribution in [-0.2, 0) is 11.3 Å². The van der Waals surface area contributed by atoms with Crippen molar-refractivity contribution in [2.45, 2.75) is 6.54 Å². The van der Waals surface area contributed by atoms with Crippen LogP contribution in [0.2, 0.25) is 0 Å². The summed E-state index contributed by atoms with van der Waals surface area (Å²) < 4.78 is 58.7. The van der Waals surface area contributed by atoms with Crippen LogP contribution >= 0.6 is 11.3 Å². The van der Waals surface area contributed by atoms with E-state index in [4.69, 9.17) is 9.84 Å². The van der Waals surface area contributed by atoms with Crippen molar-refractivity contribution in [3.63, 3.8) is 0 Å². The van der Waals surface area contributed by atoms with Crippen LogP contribution in [0.1, 0.15) is 15.4 Å². The van der Waals surface area contributed by atoms with E-state index in [0.29, 0.717) is 6.07 Å². The van der Waals surface area contributed by atoms with Crippen LogP contribution in [0.4, 0.5) is 17.6 Å². The van der Waals surface area contributed by atoms with Crippen LogP contribution < -0.4 is 10.1 Å². The molecule has 0 bridgehead atoms. The molecule has 1 heterocycles. The number of carboxylic acid groups (broad SMARTS) is 1. The minimum Gasteiger partial charge on any atom is -0.481 e. The standard InChI is InChI=1S/C17H10F4N2O4S/c18-7-1-2-8(11(3-7)27-6-13(24)25)17(26)22-5-12-23-15-14(21)9(19)4-10(20)16(15)28-12/h1-4H,5-6H2,(H,22,26)(H,24,25). The summed E-state index contributed by atoms with van der Waals surface area (Å²) in [7, 11) is 0. The first-order valence-corrected chi connectivity index (χ1v) is 8.43. The van der Waals surface area contributed by atoms with Gasteiger partial charge in [-0.15, -0.1) is 11.3 Å². The maximum absolute atomic E-state index is 13.7. The fourth-order valence-electron chi connectivity index (χ4n) is 2.30. The van der Waals surface area contributed by atoms with E-state index in [1.165, 1.54) is 0 Å². The van der Waals surface area contributed by atoms with E-state index in [1.807, 2.05) is 0 Å². The predicted octanol–water partition coefficient (Wildman–Crippen LogP) is 3.25. The Morgan fingerprint density at radius 3 is 2.61 bits per heavy atom. The minimum absolute atomic E-state index is 0.0990. The number of aromatic nitrogens is 1. The van der Waals surface area contributed by atoms with Gasteiger partial charge in [0.15, 0.2) is 18.2 Å². The summed E-state index contributed by atoms with van der Waals surface area (Å²) in [6.07, 6.45) is 0. The summed E-state index contributed by atoms with van der Waals surface area (Å²) in [5, 5.41) is 11.1. The maximum Gasteiger partial charge on any atom is 0.341 e. The molecule has 0 aliphatic rings. The van der Waals surface area contributed by atoms with Gasteiger partial charge >= 0.3 is 5.97 Å². The second-order valence-corrected chi connectivity index (χ2v) is 6.53. The highest BCUT2D eigenvalue weighted by Crippen LogP contribution is 2.29. The zero-order valence-electron chi connectivity index (χ0n) is 13.8. The van der Waals surface area contributed by atoms with E-state index in [2.05, 4.69) is 10.3 Å². The lowest BCUT2D eigenvalue weighted by Crippen LogP contribution is -2.24. The summed E-state index contributed by atoms with van der Waals surface area (Å²) >= 11 is 0.728. The van der Waals surface area contributed by atoms with E-state index < -0.39 is 47.3 Å². The van der Waals surface area contributed by atoms with Crippen molar-refractivity contribution in [1.82, 2.24) is 10.3 Å². The van der Waals surface area contributed by atoms with Crippen LogP contribution in [-0.4, -0.2) is 28.6 Å². The molecule has 0 radical (unpaired) electrons. The second kappa shape index (κ2) is 7.80. The maximum atomic E-state index is 13.7. The monoisotopic (exact) mass is 414 g/mol. The Bertz CT molecular complexity index is 1090. The summed E-state index contributed by atoms with van der Waals surface area (Å²) in [6.45, 7) is -1.04. The van der Waals surface area contributed by atoms with Crippen molar-refractivity contribution in [2.24, 2.45) is 0 Å². The minimum atomic E-state index is -1.38. The zero-order valence-corrected chi connectivity index (χ0v) is 14.6. The average Bonchev–Trinajstić information content (AvgIpc) is 3.08. The molecule has 1 aromatic heterocycles. The number of aliphatic carboxylic acids is 1. The first-order chi connectivity index (χ1) is 13.3. The van der Waals surface area contributed by atoms with Gasteiger partial charge in [0.05, 0.1) is 16.8 Å². The number of amides is 1. The fraction of sp³-hybridized carbons (Fsp3) is 0.118. The number of benzene rings is 2. The third-order valence-corrected chi connectivity index (χ3v) is 4.56. The zero-order chi connectivity index (χ0) is 20.4. The van der Waals surface area contributed by atoms with Gasteiger partial charge in [0.2, 0.25) is 0 Å². The smallest absolute Gasteiger partial charge is 0.341 e. The Labute approximate surface area is 158 Å². The highest BCUT2D eigenvalue weighted by atomic mass is 32.1. The van der Waals surface area contributed by atoms with Crippen molar-refractivity contribution in [3.8, 4) is 5.75 Å². The van der Waals surface area contributed by atoms with Crippen molar-refractivity contribution >= 4 is 33.4 Å². The van der Waals surface area contributed by atoms with Crippen LogP contribution in [0.25, 0.3) is 10.2 Å². The largest absolute Gasteiger partial charge is 0.481 e. The molecular weight excluding hydrogens is 404 g/mol. The van der Waals surface area contributed by atoms with Crippen LogP contribution in [0.15, 0.2) is 24.3 Å². The number of halogens is 4. The van der Waals surface area contributed by atoms with Gasteiger partial charge in [-0.2, -0.15) is 0 Å². The number of hydrogen-bond acceptors (Lipinski definition) is 5. The molecule has 6 nitrogen and oxygen atoms in total. The molecule has 0 saturated carbocycles. The third kappa shape index (κ3) is 4.03. The van der Waals surface area contributed by atoms with Gasteiger partial charge in [0.25, 0.3) is 5.91 Å². The molecule has 2 aromatic carbocycles. The number of nitrogens with zero attached hydrogens (tertiary/aromatic N) is 1. The van der Waals surface area contributed by atoms with Crippen LogP contribution in [0.3, 0.4) is 0 Å². The fourth-order valence-corrected chi connectivity index (χ4v) is 3.20. The normalized spacial score (nSPS) is 10.9. The van der Waals surface area contributed by atoms with Crippen LogP contribution in [0, 0.1) is 23.3 Å². The lowest BCUT2D eigenvalue weighted by Gasteiger charge is -2.10. The summed E-state index contributed by atoms with van der Waals surface area (Å²) in [4.78, 5) is 26.7. The number of thiazole rings is 1. The Balaban J connectivity index is 1.79. The summed E-state index contributed by atoms with van der Waals surface area (Å²) in [5.41, 5.74) is -0.633. The second-order valence-electron chi connectivity index (χ2n) is 5.45. The molecule has 3 aromatic rings. The quantitative estimate of drug-likeness (QED) is 0.478.